The number of carbonyl (C=O) groups excluding carboxylic acids is 1. The van der Waals surface area contributed by atoms with Crippen LogP contribution in [0.1, 0.15) is 11.1 Å². The highest BCUT2D eigenvalue weighted by Crippen LogP contribution is 2.37. The van der Waals surface area contributed by atoms with E-state index in [1.165, 1.54) is 32.6 Å². The third-order valence-electron chi connectivity index (χ3n) is 3.60. The smallest absolute Gasteiger partial charge is 0.341 e. The summed E-state index contributed by atoms with van der Waals surface area (Å²) in [5.41, 5.74) is 1.61. The fourth-order valence-corrected chi connectivity index (χ4v) is 2.96. The van der Waals surface area contributed by atoms with Crippen LogP contribution in [-0.2, 0) is 20.9 Å². The number of methoxy groups -OCH3 is 2. The van der Waals surface area contributed by atoms with E-state index in [1.807, 2.05) is 18.2 Å². The number of halogens is 2. The van der Waals surface area contributed by atoms with Crippen LogP contribution < -0.4 is 9.47 Å². The number of nitrogens with zero attached hydrogens (tertiary/aromatic N) is 1. The topological polar surface area (TPSA) is 77.8 Å². The maximum atomic E-state index is 12.1. The van der Waals surface area contributed by atoms with Crippen LogP contribution in [0.15, 0.2) is 42.7 Å². The predicted molar refractivity (Wildman–Crippen MR) is 105 cm³/mol. The largest absolute Gasteiger partial charge is 0.503 e. The lowest BCUT2D eigenvalue weighted by Gasteiger charge is -2.14. The van der Waals surface area contributed by atoms with Gasteiger partial charge in [-0.3, -0.25) is 0 Å². The molecule has 2 rings (SSSR count). The molecule has 0 fully saturated rings. The molecule has 0 saturated carbocycles. The first-order chi connectivity index (χ1) is 13.5. The average Bonchev–Trinajstić information content (AvgIpc) is 2.69. The van der Waals surface area contributed by atoms with Gasteiger partial charge in [-0.25, -0.2) is 4.79 Å². The summed E-state index contributed by atoms with van der Waals surface area (Å²) in [5, 5.41) is 9.05. The van der Waals surface area contributed by atoms with Crippen molar-refractivity contribution in [1.82, 2.24) is 0 Å². The van der Waals surface area contributed by atoms with E-state index >= 15 is 0 Å². The lowest BCUT2D eigenvalue weighted by atomic mass is 10.0. The van der Waals surface area contributed by atoms with E-state index in [9.17, 15) is 4.79 Å². The highest BCUT2D eigenvalue weighted by Gasteiger charge is 2.17. The average molecular weight is 422 g/mol. The zero-order chi connectivity index (χ0) is 20.5. The monoisotopic (exact) mass is 421 g/mol. The first-order valence-electron chi connectivity index (χ1n) is 8.03. The Morgan fingerprint density at radius 1 is 1.14 bits per heavy atom. The molecular weight excluding hydrogens is 405 g/mol. The van der Waals surface area contributed by atoms with Crippen molar-refractivity contribution in [2.45, 2.75) is 6.61 Å². The van der Waals surface area contributed by atoms with E-state index in [2.05, 4.69) is 0 Å². The molecule has 0 saturated heterocycles. The molecule has 0 bridgehead atoms. The molecule has 0 aliphatic rings. The molecule has 6 nitrogen and oxygen atoms in total. The van der Waals surface area contributed by atoms with Gasteiger partial charge in [-0.15, -0.1) is 0 Å². The van der Waals surface area contributed by atoms with Crippen molar-refractivity contribution in [3.63, 3.8) is 0 Å². The maximum absolute atomic E-state index is 12.1. The number of nitriles is 1. The summed E-state index contributed by atoms with van der Waals surface area (Å²) in [6, 6.07) is 12.1. The van der Waals surface area contributed by atoms with Crippen molar-refractivity contribution in [1.29, 1.82) is 5.26 Å². The summed E-state index contributed by atoms with van der Waals surface area (Å²) < 4.78 is 20.8. The van der Waals surface area contributed by atoms with Gasteiger partial charge < -0.3 is 18.9 Å². The minimum atomic E-state index is -0.528. The first kappa shape index (κ1) is 21.4. The molecule has 2 aromatic carbocycles. The van der Waals surface area contributed by atoms with Gasteiger partial charge in [0.1, 0.15) is 24.0 Å². The van der Waals surface area contributed by atoms with Gasteiger partial charge in [0.15, 0.2) is 12.4 Å². The van der Waals surface area contributed by atoms with Gasteiger partial charge in [0, 0.05) is 12.1 Å². The fraction of sp³-hybridized carbons (Fsp3) is 0.200. The second kappa shape index (κ2) is 10.5. The molecule has 0 amide bonds. The first-order valence-corrected chi connectivity index (χ1v) is 8.78. The minimum Gasteiger partial charge on any atom is -0.503 e. The van der Waals surface area contributed by atoms with Crippen LogP contribution in [0.25, 0.3) is 5.57 Å². The van der Waals surface area contributed by atoms with Gasteiger partial charge in [-0.1, -0.05) is 47.5 Å². The molecule has 28 heavy (non-hydrogen) atoms. The molecule has 0 spiro atoms. The molecule has 146 valence electrons. The summed E-state index contributed by atoms with van der Waals surface area (Å²) >= 11 is 12.3. The van der Waals surface area contributed by atoms with Gasteiger partial charge in [-0.2, -0.15) is 5.26 Å². The lowest BCUT2D eigenvalue weighted by molar-refractivity contribution is -0.133. The second-order valence-electron chi connectivity index (χ2n) is 5.37. The maximum Gasteiger partial charge on any atom is 0.341 e. The molecular formula is C20H17Cl2NO5. The molecule has 0 atom stereocenters. The third-order valence-corrected chi connectivity index (χ3v) is 4.16. The Morgan fingerprint density at radius 3 is 2.43 bits per heavy atom. The molecule has 0 N–H and O–H groups in total. The van der Waals surface area contributed by atoms with Crippen molar-refractivity contribution in [2.24, 2.45) is 0 Å². The Kier molecular flexibility index (Phi) is 8.00. The number of ether oxygens (including phenoxy) is 4. The van der Waals surface area contributed by atoms with Crippen LogP contribution >= 0.6 is 23.2 Å². The molecule has 2 aromatic rings. The van der Waals surface area contributed by atoms with Gasteiger partial charge in [0.25, 0.3) is 0 Å². The van der Waals surface area contributed by atoms with Crippen LogP contribution in [0.2, 0.25) is 10.0 Å². The number of hydrogen-bond donors (Lipinski definition) is 0. The summed E-state index contributed by atoms with van der Waals surface area (Å²) in [4.78, 5) is 12.1. The van der Waals surface area contributed by atoms with E-state index < -0.39 is 5.97 Å². The van der Waals surface area contributed by atoms with Gasteiger partial charge in [0.2, 0.25) is 0 Å². The number of rotatable bonds is 8. The van der Waals surface area contributed by atoms with Gasteiger partial charge >= 0.3 is 5.97 Å². The Morgan fingerprint density at radius 2 is 1.82 bits per heavy atom. The zero-order valence-corrected chi connectivity index (χ0v) is 16.7. The van der Waals surface area contributed by atoms with E-state index in [4.69, 9.17) is 47.4 Å². The number of esters is 1. The third kappa shape index (κ3) is 5.32. The molecule has 0 aliphatic heterocycles. The number of carbonyl (C=O) groups is 1. The molecule has 0 radical (unpaired) electrons. The van der Waals surface area contributed by atoms with Crippen LogP contribution in [0.3, 0.4) is 0 Å². The quantitative estimate of drug-likeness (QED) is 0.351. The summed E-state index contributed by atoms with van der Waals surface area (Å²) in [7, 11) is 2.74. The van der Waals surface area contributed by atoms with E-state index in [0.29, 0.717) is 11.3 Å². The van der Waals surface area contributed by atoms with Crippen LogP contribution in [0.5, 0.6) is 11.5 Å². The summed E-state index contributed by atoms with van der Waals surface area (Å²) in [6.07, 6.45) is 1.32. The van der Waals surface area contributed by atoms with Crippen LogP contribution in [0, 0.1) is 11.3 Å². The molecule has 0 aliphatic carbocycles. The Labute approximate surface area is 172 Å². The normalized spacial score (nSPS) is 10.8. The highest BCUT2D eigenvalue weighted by atomic mass is 35.5. The zero-order valence-electron chi connectivity index (χ0n) is 15.2. The van der Waals surface area contributed by atoms with E-state index in [-0.39, 0.29) is 34.6 Å². The standard InChI is InChI=1S/C20H17Cl2NO5/c1-25-12-16(20(24)26-2)15-6-4-3-5-13(15)11-28-14-9-17(21)19(18(22)10-14)27-8-7-23/h3-6,9-10,12H,8,11H2,1-2H3/b16-12+. The van der Waals surface area contributed by atoms with Crippen molar-refractivity contribution >= 4 is 34.7 Å². The Balaban J connectivity index is 2.25. The van der Waals surface area contributed by atoms with E-state index in [1.54, 1.807) is 12.1 Å². The summed E-state index contributed by atoms with van der Waals surface area (Å²) in [6.45, 7) is -0.0333. The highest BCUT2D eigenvalue weighted by molar-refractivity contribution is 6.37. The van der Waals surface area contributed by atoms with Crippen molar-refractivity contribution in [3.8, 4) is 17.6 Å². The SMILES string of the molecule is CO/C=C(/C(=O)OC)c1ccccc1COc1cc(Cl)c(OCC#N)c(Cl)c1. The second-order valence-corrected chi connectivity index (χ2v) is 6.18. The van der Waals surface area contributed by atoms with Crippen molar-refractivity contribution in [3.05, 3.63) is 63.8 Å². The van der Waals surface area contributed by atoms with Crippen LogP contribution in [-0.4, -0.2) is 26.8 Å². The Bertz CT molecular complexity index is 898. The molecule has 0 aromatic heterocycles. The summed E-state index contributed by atoms with van der Waals surface area (Å²) in [5.74, 6) is 0.0949. The Hall–Kier alpha value is -2.88. The number of benzene rings is 2. The van der Waals surface area contributed by atoms with Crippen molar-refractivity contribution < 1.29 is 23.7 Å². The minimum absolute atomic E-state index is 0.138. The van der Waals surface area contributed by atoms with Gasteiger partial charge in [-0.05, 0) is 11.1 Å². The fourth-order valence-electron chi connectivity index (χ4n) is 2.38. The molecule has 0 unspecified atom stereocenters. The van der Waals surface area contributed by atoms with Crippen LogP contribution in [0.4, 0.5) is 0 Å². The van der Waals surface area contributed by atoms with Gasteiger partial charge in [0.05, 0.1) is 30.5 Å². The lowest BCUT2D eigenvalue weighted by Crippen LogP contribution is -2.08. The van der Waals surface area contributed by atoms with E-state index in [0.717, 1.165) is 5.56 Å². The van der Waals surface area contributed by atoms with Crippen molar-refractivity contribution in [2.75, 3.05) is 20.8 Å². The number of hydrogen-bond acceptors (Lipinski definition) is 6. The predicted octanol–water partition coefficient (Wildman–Crippen LogP) is 4.64. The molecule has 0 heterocycles. The molecule has 8 heteroatoms.